The topological polar surface area (TPSA) is 45.0 Å². The van der Waals surface area contributed by atoms with E-state index >= 15 is 0 Å². The second kappa shape index (κ2) is 9.08. The van der Waals surface area contributed by atoms with Gasteiger partial charge in [-0.15, -0.1) is 0 Å². The number of nitrogens with zero attached hydrogens (tertiary/aromatic N) is 1. The van der Waals surface area contributed by atoms with Crippen LogP contribution < -0.4 is 5.32 Å². The highest BCUT2D eigenvalue weighted by molar-refractivity contribution is 5.33. The van der Waals surface area contributed by atoms with Crippen LogP contribution in [0.3, 0.4) is 0 Å². The van der Waals surface area contributed by atoms with Gasteiger partial charge in [0.2, 0.25) is 0 Å². The highest BCUT2D eigenvalue weighted by Crippen LogP contribution is 2.36. The van der Waals surface area contributed by atoms with Gasteiger partial charge in [0.15, 0.2) is 0 Å². The maximum absolute atomic E-state index is 12.9. The van der Waals surface area contributed by atoms with Gasteiger partial charge in [-0.2, -0.15) is 31.6 Å². The van der Waals surface area contributed by atoms with Gasteiger partial charge in [-0.1, -0.05) is 30.3 Å². The summed E-state index contributed by atoms with van der Waals surface area (Å²) >= 11 is 0. The molecule has 3 nitrogen and oxygen atoms in total. The van der Waals surface area contributed by atoms with E-state index in [4.69, 9.17) is 10.00 Å². The number of halogens is 6. The molecule has 150 valence electrons. The molecule has 0 bridgehead atoms. The molecule has 0 fully saturated rings. The number of nitrogens with one attached hydrogen (secondary N) is 1. The number of alkyl halides is 6. The Hall–Kier alpha value is -2.57. The zero-order valence-corrected chi connectivity index (χ0v) is 14.4. The van der Waals surface area contributed by atoms with Crippen LogP contribution in [0.1, 0.15) is 28.3 Å². The first-order valence-electron chi connectivity index (χ1n) is 8.12. The maximum atomic E-state index is 12.9. The van der Waals surface area contributed by atoms with Crippen molar-refractivity contribution in [3.63, 3.8) is 0 Å². The fraction of sp³-hybridized carbons (Fsp3) is 0.316. The minimum absolute atomic E-state index is 0.00466. The summed E-state index contributed by atoms with van der Waals surface area (Å²) in [5, 5.41) is 11.6. The normalized spacial score (nSPS) is 13.2. The van der Waals surface area contributed by atoms with E-state index in [2.05, 4.69) is 5.32 Å². The summed E-state index contributed by atoms with van der Waals surface area (Å²) in [5.74, 6) is 0. The van der Waals surface area contributed by atoms with Gasteiger partial charge in [0.25, 0.3) is 0 Å². The lowest BCUT2D eigenvalue weighted by atomic mass is 10.0. The van der Waals surface area contributed by atoms with Crippen LogP contribution >= 0.6 is 0 Å². The number of rotatable bonds is 7. The third-order valence-corrected chi connectivity index (χ3v) is 3.83. The summed E-state index contributed by atoms with van der Waals surface area (Å²) in [7, 11) is 0. The van der Waals surface area contributed by atoms with E-state index in [1.54, 1.807) is 30.3 Å². The van der Waals surface area contributed by atoms with Crippen molar-refractivity contribution < 1.29 is 31.1 Å². The van der Waals surface area contributed by atoms with Crippen LogP contribution in [0.5, 0.6) is 0 Å². The predicted octanol–water partition coefficient (Wildman–Crippen LogP) is 5.10. The van der Waals surface area contributed by atoms with Gasteiger partial charge in [0.1, 0.15) is 0 Å². The standard InChI is InChI=1S/C19H16F6N2O/c20-18(21,22)15-8-13(9-16(10-15)19(23,24)25)11-28-12-17(27-7-6-26)14-4-2-1-3-5-14/h1-5,8-10,17,27H,7,11-12H2. The molecule has 28 heavy (non-hydrogen) atoms. The fourth-order valence-electron chi connectivity index (χ4n) is 2.52. The fourth-order valence-corrected chi connectivity index (χ4v) is 2.52. The second-order valence-electron chi connectivity index (χ2n) is 5.93. The van der Waals surface area contributed by atoms with Crippen molar-refractivity contribution in [1.82, 2.24) is 5.32 Å². The number of nitriles is 1. The third kappa shape index (κ3) is 6.25. The number of hydrogen-bond donors (Lipinski definition) is 1. The van der Waals surface area contributed by atoms with E-state index in [-0.39, 0.29) is 24.8 Å². The summed E-state index contributed by atoms with van der Waals surface area (Å²) < 4.78 is 82.8. The summed E-state index contributed by atoms with van der Waals surface area (Å²) in [4.78, 5) is 0. The van der Waals surface area contributed by atoms with Crippen molar-refractivity contribution in [2.45, 2.75) is 25.0 Å². The van der Waals surface area contributed by atoms with Crippen molar-refractivity contribution in [3.8, 4) is 6.07 Å². The second-order valence-corrected chi connectivity index (χ2v) is 5.93. The van der Waals surface area contributed by atoms with Crippen LogP contribution in [0.2, 0.25) is 0 Å². The molecular weight excluding hydrogens is 386 g/mol. The van der Waals surface area contributed by atoms with Gasteiger partial charge in [-0.3, -0.25) is 5.32 Å². The molecular formula is C19H16F6N2O. The molecule has 0 aliphatic heterocycles. The van der Waals surface area contributed by atoms with Crippen molar-refractivity contribution >= 4 is 0 Å². The first-order valence-corrected chi connectivity index (χ1v) is 8.12. The van der Waals surface area contributed by atoms with Crippen molar-refractivity contribution in [2.24, 2.45) is 0 Å². The quantitative estimate of drug-likeness (QED) is 0.518. The molecule has 2 aromatic rings. The number of hydrogen-bond acceptors (Lipinski definition) is 3. The Balaban J connectivity index is 2.15. The summed E-state index contributed by atoms with van der Waals surface area (Å²) in [6.07, 6.45) is -9.81. The zero-order chi connectivity index (χ0) is 20.8. The van der Waals surface area contributed by atoms with Crippen LogP contribution in [0.15, 0.2) is 48.5 Å². The Morgan fingerprint density at radius 3 is 2.00 bits per heavy atom. The minimum Gasteiger partial charge on any atom is -0.375 e. The molecule has 0 amide bonds. The minimum atomic E-state index is -4.91. The Bertz CT molecular complexity index is 780. The number of benzene rings is 2. The average Bonchev–Trinajstić information content (AvgIpc) is 2.63. The first-order chi connectivity index (χ1) is 13.1. The molecule has 2 aromatic carbocycles. The first kappa shape index (κ1) is 21.7. The SMILES string of the molecule is N#CCNC(COCc1cc(C(F)(F)F)cc(C(F)(F)F)c1)c1ccccc1. The van der Waals surface area contributed by atoms with Crippen LogP contribution in [-0.2, 0) is 23.7 Å². The molecule has 0 radical (unpaired) electrons. The molecule has 1 atom stereocenters. The smallest absolute Gasteiger partial charge is 0.375 e. The summed E-state index contributed by atoms with van der Waals surface area (Å²) in [5.41, 5.74) is -2.24. The Morgan fingerprint density at radius 1 is 0.929 bits per heavy atom. The number of ether oxygens (including phenoxy) is 1. The highest BCUT2D eigenvalue weighted by Gasteiger charge is 2.36. The molecule has 1 unspecified atom stereocenters. The lowest BCUT2D eigenvalue weighted by Crippen LogP contribution is -2.26. The highest BCUT2D eigenvalue weighted by atomic mass is 19.4. The van der Waals surface area contributed by atoms with Crippen LogP contribution in [0, 0.1) is 11.3 Å². The molecule has 1 N–H and O–H groups in total. The van der Waals surface area contributed by atoms with E-state index in [1.807, 2.05) is 6.07 Å². The van der Waals surface area contributed by atoms with E-state index in [1.165, 1.54) is 0 Å². The van der Waals surface area contributed by atoms with E-state index in [0.717, 1.165) is 5.56 Å². The lowest BCUT2D eigenvalue weighted by Gasteiger charge is -2.19. The van der Waals surface area contributed by atoms with Gasteiger partial charge in [-0.25, -0.2) is 0 Å². The molecule has 0 spiro atoms. The largest absolute Gasteiger partial charge is 0.416 e. The van der Waals surface area contributed by atoms with Crippen molar-refractivity contribution in [2.75, 3.05) is 13.2 Å². The van der Waals surface area contributed by atoms with Gasteiger partial charge < -0.3 is 4.74 Å². The van der Waals surface area contributed by atoms with E-state index in [0.29, 0.717) is 12.1 Å². The predicted molar refractivity (Wildman–Crippen MR) is 88.9 cm³/mol. The third-order valence-electron chi connectivity index (χ3n) is 3.83. The molecule has 2 rings (SSSR count). The zero-order valence-electron chi connectivity index (χ0n) is 14.4. The maximum Gasteiger partial charge on any atom is 0.416 e. The molecule has 9 heteroatoms. The molecule has 0 saturated heterocycles. The van der Waals surface area contributed by atoms with Gasteiger partial charge in [0.05, 0.1) is 43.0 Å². The molecule has 0 aromatic heterocycles. The molecule has 0 heterocycles. The molecule has 0 aliphatic rings. The Kier molecular flexibility index (Phi) is 7.05. The lowest BCUT2D eigenvalue weighted by molar-refractivity contribution is -0.143. The monoisotopic (exact) mass is 402 g/mol. The molecule has 0 saturated carbocycles. The van der Waals surface area contributed by atoms with Crippen molar-refractivity contribution in [1.29, 1.82) is 5.26 Å². The van der Waals surface area contributed by atoms with Crippen molar-refractivity contribution in [3.05, 3.63) is 70.8 Å². The van der Waals surface area contributed by atoms with Crippen LogP contribution in [-0.4, -0.2) is 13.2 Å². The van der Waals surface area contributed by atoms with Crippen LogP contribution in [0.4, 0.5) is 26.3 Å². The summed E-state index contributed by atoms with van der Waals surface area (Å²) in [6.45, 7) is -0.474. The van der Waals surface area contributed by atoms with Gasteiger partial charge in [0, 0.05) is 0 Å². The van der Waals surface area contributed by atoms with E-state index in [9.17, 15) is 26.3 Å². The van der Waals surface area contributed by atoms with E-state index < -0.39 is 36.1 Å². The average molecular weight is 402 g/mol. The Morgan fingerprint density at radius 2 is 1.50 bits per heavy atom. The van der Waals surface area contributed by atoms with Gasteiger partial charge in [-0.05, 0) is 29.3 Å². The van der Waals surface area contributed by atoms with Crippen LogP contribution in [0.25, 0.3) is 0 Å². The summed E-state index contributed by atoms with van der Waals surface area (Å²) in [6, 6.07) is 11.7. The van der Waals surface area contributed by atoms with Gasteiger partial charge >= 0.3 is 12.4 Å². The molecule has 0 aliphatic carbocycles. The Labute approximate surface area is 157 Å².